The summed E-state index contributed by atoms with van der Waals surface area (Å²) in [7, 11) is -3.08. The molecule has 1 aromatic rings. The summed E-state index contributed by atoms with van der Waals surface area (Å²) in [4.78, 5) is 11.6. The fraction of sp³-hybridized carbons (Fsp3) is 0.636. The third-order valence-corrected chi connectivity index (χ3v) is 3.54. The molecular formula is C11H20N4O3S. The largest absolute Gasteiger partial charge is 0.355 e. The summed E-state index contributed by atoms with van der Waals surface area (Å²) in [6, 6.07) is 1.05. The van der Waals surface area contributed by atoms with Crippen molar-refractivity contribution in [3.8, 4) is 0 Å². The van der Waals surface area contributed by atoms with Gasteiger partial charge in [0.05, 0.1) is 11.8 Å². The van der Waals surface area contributed by atoms with E-state index in [2.05, 4.69) is 10.4 Å². The van der Waals surface area contributed by atoms with Gasteiger partial charge in [-0.15, -0.1) is 0 Å². The molecule has 1 atom stereocenters. The van der Waals surface area contributed by atoms with E-state index in [4.69, 9.17) is 5.73 Å². The van der Waals surface area contributed by atoms with Crippen LogP contribution in [-0.4, -0.2) is 48.7 Å². The molecule has 0 spiro atoms. The van der Waals surface area contributed by atoms with Crippen LogP contribution in [0.25, 0.3) is 0 Å². The van der Waals surface area contributed by atoms with Gasteiger partial charge in [-0.25, -0.2) is 8.42 Å². The van der Waals surface area contributed by atoms with E-state index in [-0.39, 0.29) is 18.1 Å². The van der Waals surface area contributed by atoms with Gasteiger partial charge in [0.25, 0.3) is 0 Å². The molecule has 0 bridgehead atoms. The van der Waals surface area contributed by atoms with Crippen molar-refractivity contribution in [2.45, 2.75) is 25.4 Å². The molecule has 19 heavy (non-hydrogen) atoms. The van der Waals surface area contributed by atoms with E-state index in [0.29, 0.717) is 13.1 Å². The van der Waals surface area contributed by atoms with Crippen LogP contribution in [0.4, 0.5) is 0 Å². The second kappa shape index (κ2) is 7.25. The van der Waals surface area contributed by atoms with Crippen LogP contribution in [0.15, 0.2) is 18.5 Å². The Labute approximate surface area is 113 Å². The van der Waals surface area contributed by atoms with Gasteiger partial charge in [0, 0.05) is 31.7 Å². The van der Waals surface area contributed by atoms with E-state index in [1.165, 1.54) is 0 Å². The van der Waals surface area contributed by atoms with Crippen LogP contribution in [0.3, 0.4) is 0 Å². The normalized spacial score (nSPS) is 13.2. The summed E-state index contributed by atoms with van der Waals surface area (Å²) in [6.45, 7) is 1.21. The summed E-state index contributed by atoms with van der Waals surface area (Å²) in [6.07, 6.45) is 5.55. The number of aryl methyl sites for hydroxylation is 1. The molecule has 0 saturated carbocycles. The molecule has 0 fully saturated rings. The highest BCUT2D eigenvalue weighted by atomic mass is 32.2. The van der Waals surface area contributed by atoms with E-state index >= 15 is 0 Å². The molecule has 0 aliphatic carbocycles. The number of rotatable bonds is 8. The lowest BCUT2D eigenvalue weighted by Crippen LogP contribution is -2.42. The van der Waals surface area contributed by atoms with Crippen LogP contribution in [0, 0.1) is 0 Å². The quantitative estimate of drug-likeness (QED) is 0.606. The first-order valence-electron chi connectivity index (χ1n) is 6.07. The van der Waals surface area contributed by atoms with Gasteiger partial charge in [0.2, 0.25) is 5.91 Å². The minimum absolute atomic E-state index is 0.0745. The lowest BCUT2D eigenvalue weighted by molar-refractivity contribution is -0.122. The lowest BCUT2D eigenvalue weighted by Gasteiger charge is -2.11. The molecule has 1 rings (SSSR count). The first-order chi connectivity index (χ1) is 8.88. The van der Waals surface area contributed by atoms with Crippen LogP contribution >= 0.6 is 0 Å². The highest BCUT2D eigenvalue weighted by molar-refractivity contribution is 7.90. The second-order valence-electron chi connectivity index (χ2n) is 4.44. The molecule has 1 heterocycles. The fourth-order valence-electron chi connectivity index (χ4n) is 1.49. The van der Waals surface area contributed by atoms with E-state index in [1.54, 1.807) is 10.9 Å². The molecule has 7 nitrogen and oxygen atoms in total. The topological polar surface area (TPSA) is 107 Å². The molecule has 0 aromatic carbocycles. The predicted octanol–water partition coefficient (Wildman–Crippen LogP) is -0.849. The minimum atomic E-state index is -3.08. The zero-order valence-electron chi connectivity index (χ0n) is 10.9. The Bertz CT molecular complexity index is 484. The van der Waals surface area contributed by atoms with Crippen molar-refractivity contribution in [2.75, 3.05) is 18.6 Å². The summed E-state index contributed by atoms with van der Waals surface area (Å²) in [5.74, 6) is -0.390. The van der Waals surface area contributed by atoms with Crippen molar-refractivity contribution in [3.05, 3.63) is 18.5 Å². The van der Waals surface area contributed by atoms with Crippen molar-refractivity contribution >= 4 is 15.7 Å². The van der Waals surface area contributed by atoms with E-state index in [1.807, 2.05) is 12.3 Å². The molecule has 1 aromatic heterocycles. The molecule has 0 saturated heterocycles. The standard InChI is InChI=1S/C11H20N4O3S/c1-19(17,18)9-4-10(12)11(16)13-5-2-7-15-8-3-6-14-15/h3,6,8,10H,2,4-5,7,9,12H2,1H3,(H,13,16). The van der Waals surface area contributed by atoms with Gasteiger partial charge in [-0.3, -0.25) is 9.48 Å². The monoisotopic (exact) mass is 288 g/mol. The van der Waals surface area contributed by atoms with Crippen LogP contribution in [0.2, 0.25) is 0 Å². The Hall–Kier alpha value is -1.41. The number of nitrogens with zero attached hydrogens (tertiary/aromatic N) is 2. The molecule has 1 amide bonds. The lowest BCUT2D eigenvalue weighted by atomic mass is 10.2. The summed E-state index contributed by atoms with van der Waals surface area (Å²) >= 11 is 0. The molecule has 3 N–H and O–H groups in total. The summed E-state index contributed by atoms with van der Waals surface area (Å²) < 4.78 is 23.7. The van der Waals surface area contributed by atoms with Crippen molar-refractivity contribution in [2.24, 2.45) is 5.73 Å². The van der Waals surface area contributed by atoms with E-state index in [9.17, 15) is 13.2 Å². The molecule has 0 aliphatic heterocycles. The van der Waals surface area contributed by atoms with Crippen molar-refractivity contribution in [3.63, 3.8) is 0 Å². The van der Waals surface area contributed by atoms with Gasteiger partial charge in [0.1, 0.15) is 9.84 Å². The first-order valence-corrected chi connectivity index (χ1v) is 8.13. The minimum Gasteiger partial charge on any atom is -0.355 e. The van der Waals surface area contributed by atoms with Crippen LogP contribution in [-0.2, 0) is 21.2 Å². The average Bonchev–Trinajstić information content (AvgIpc) is 2.83. The smallest absolute Gasteiger partial charge is 0.236 e. The van der Waals surface area contributed by atoms with Crippen LogP contribution < -0.4 is 11.1 Å². The van der Waals surface area contributed by atoms with E-state index < -0.39 is 15.9 Å². The molecule has 1 unspecified atom stereocenters. The Morgan fingerprint density at radius 2 is 2.26 bits per heavy atom. The van der Waals surface area contributed by atoms with Gasteiger partial charge in [-0.2, -0.15) is 5.10 Å². The van der Waals surface area contributed by atoms with Crippen LogP contribution in [0.1, 0.15) is 12.8 Å². The van der Waals surface area contributed by atoms with Gasteiger partial charge in [-0.05, 0) is 18.9 Å². The van der Waals surface area contributed by atoms with Gasteiger partial charge >= 0.3 is 0 Å². The number of carbonyl (C=O) groups is 1. The number of nitrogens with one attached hydrogen (secondary N) is 1. The van der Waals surface area contributed by atoms with Crippen molar-refractivity contribution < 1.29 is 13.2 Å². The number of hydrogen-bond acceptors (Lipinski definition) is 5. The number of amides is 1. The average molecular weight is 288 g/mol. The van der Waals surface area contributed by atoms with Gasteiger partial charge in [0.15, 0.2) is 0 Å². The van der Waals surface area contributed by atoms with E-state index in [0.717, 1.165) is 12.7 Å². The maximum atomic E-state index is 11.6. The maximum Gasteiger partial charge on any atom is 0.236 e. The Morgan fingerprint density at radius 1 is 1.53 bits per heavy atom. The fourth-order valence-corrected chi connectivity index (χ4v) is 2.17. The number of carbonyl (C=O) groups excluding carboxylic acids is 1. The maximum absolute atomic E-state index is 11.6. The molecular weight excluding hydrogens is 268 g/mol. The van der Waals surface area contributed by atoms with Crippen LogP contribution in [0.5, 0.6) is 0 Å². The molecule has 108 valence electrons. The number of nitrogens with two attached hydrogens (primary N) is 1. The molecule has 0 aliphatic rings. The number of hydrogen-bond donors (Lipinski definition) is 2. The Kier molecular flexibility index (Phi) is 5.97. The highest BCUT2D eigenvalue weighted by Crippen LogP contribution is 1.94. The third kappa shape index (κ3) is 6.92. The van der Waals surface area contributed by atoms with Gasteiger partial charge in [-0.1, -0.05) is 0 Å². The SMILES string of the molecule is CS(=O)(=O)CCC(N)C(=O)NCCCn1cccn1. The molecule has 0 radical (unpaired) electrons. The van der Waals surface area contributed by atoms with Gasteiger partial charge < -0.3 is 11.1 Å². The van der Waals surface area contributed by atoms with Crippen molar-refractivity contribution in [1.29, 1.82) is 0 Å². The van der Waals surface area contributed by atoms with Crippen molar-refractivity contribution in [1.82, 2.24) is 15.1 Å². The predicted molar refractivity (Wildman–Crippen MR) is 72.2 cm³/mol. The number of sulfone groups is 1. The third-order valence-electron chi connectivity index (χ3n) is 2.56. The summed E-state index contributed by atoms with van der Waals surface area (Å²) in [5, 5.41) is 6.72. The first kappa shape index (κ1) is 15.6. The Morgan fingerprint density at radius 3 is 2.84 bits per heavy atom. The summed E-state index contributed by atoms with van der Waals surface area (Å²) in [5.41, 5.74) is 5.61. The zero-order valence-corrected chi connectivity index (χ0v) is 11.8. The second-order valence-corrected chi connectivity index (χ2v) is 6.70. The zero-order chi connectivity index (χ0) is 14.3. The highest BCUT2D eigenvalue weighted by Gasteiger charge is 2.15. The molecule has 8 heteroatoms. The Balaban J connectivity index is 2.16. The number of aromatic nitrogens is 2.